The molecule has 0 fully saturated rings. The molecule has 0 radical (unpaired) electrons. The monoisotopic (exact) mass is 215 g/mol. The minimum absolute atomic E-state index is 0.497. The number of methoxy groups -OCH3 is 1. The third-order valence-electron chi connectivity index (χ3n) is 3.00. The summed E-state index contributed by atoms with van der Waals surface area (Å²) < 4.78 is 5.25. The van der Waals surface area contributed by atoms with Gasteiger partial charge in [0.25, 0.3) is 0 Å². The highest BCUT2D eigenvalue weighted by Gasteiger charge is 2.16. The molecule has 2 heteroatoms. The maximum absolute atomic E-state index is 5.25. The molecule has 0 aromatic carbocycles. The zero-order valence-corrected chi connectivity index (χ0v) is 11.2. The Morgan fingerprint density at radius 3 is 2.27 bits per heavy atom. The number of ether oxygens (including phenoxy) is 1. The van der Waals surface area contributed by atoms with E-state index in [0.29, 0.717) is 18.0 Å². The molecule has 15 heavy (non-hydrogen) atoms. The first-order chi connectivity index (χ1) is 7.15. The van der Waals surface area contributed by atoms with Crippen LogP contribution in [-0.2, 0) is 4.74 Å². The van der Waals surface area contributed by atoms with Crippen molar-refractivity contribution in [2.45, 2.75) is 65.5 Å². The fourth-order valence-electron chi connectivity index (χ4n) is 1.77. The van der Waals surface area contributed by atoms with Crippen LogP contribution in [0.2, 0.25) is 0 Å². The van der Waals surface area contributed by atoms with E-state index in [1.165, 1.54) is 25.7 Å². The molecule has 0 heterocycles. The molecule has 0 rings (SSSR count). The SMILES string of the molecule is CCCCC(CC)NC(COC)C(C)C. The Hall–Kier alpha value is -0.0800. The lowest BCUT2D eigenvalue weighted by Gasteiger charge is -2.27. The molecule has 0 spiro atoms. The van der Waals surface area contributed by atoms with E-state index in [9.17, 15) is 0 Å². The molecule has 1 N–H and O–H groups in total. The molecular weight excluding hydrogens is 186 g/mol. The summed E-state index contributed by atoms with van der Waals surface area (Å²) in [6.45, 7) is 9.84. The molecule has 0 aliphatic carbocycles. The molecule has 0 bridgehead atoms. The van der Waals surface area contributed by atoms with Crippen LogP contribution in [0.25, 0.3) is 0 Å². The van der Waals surface area contributed by atoms with Gasteiger partial charge in [-0.3, -0.25) is 0 Å². The molecule has 2 unspecified atom stereocenters. The Kier molecular flexibility index (Phi) is 9.12. The van der Waals surface area contributed by atoms with Crippen molar-refractivity contribution >= 4 is 0 Å². The Morgan fingerprint density at radius 1 is 1.20 bits per heavy atom. The van der Waals surface area contributed by atoms with Crippen LogP contribution in [0.5, 0.6) is 0 Å². The predicted molar refractivity (Wildman–Crippen MR) is 67.2 cm³/mol. The van der Waals surface area contributed by atoms with Gasteiger partial charge in [0.2, 0.25) is 0 Å². The molecule has 92 valence electrons. The van der Waals surface area contributed by atoms with Crippen LogP contribution in [0, 0.1) is 5.92 Å². The lowest BCUT2D eigenvalue weighted by atomic mass is 10.0. The Bertz CT molecular complexity index is 136. The number of hydrogen-bond donors (Lipinski definition) is 1. The number of rotatable bonds is 9. The van der Waals surface area contributed by atoms with E-state index in [1.54, 1.807) is 7.11 Å². The van der Waals surface area contributed by atoms with Gasteiger partial charge in [0.15, 0.2) is 0 Å². The van der Waals surface area contributed by atoms with E-state index in [4.69, 9.17) is 4.74 Å². The van der Waals surface area contributed by atoms with Gasteiger partial charge in [-0.25, -0.2) is 0 Å². The van der Waals surface area contributed by atoms with Gasteiger partial charge in [0, 0.05) is 19.2 Å². The fraction of sp³-hybridized carbons (Fsp3) is 1.00. The zero-order valence-electron chi connectivity index (χ0n) is 11.2. The standard InChI is InChI=1S/C13H29NO/c1-6-8-9-12(7-2)14-13(10-15-5)11(3)4/h11-14H,6-10H2,1-5H3. The average molecular weight is 215 g/mol. The van der Waals surface area contributed by atoms with E-state index in [-0.39, 0.29) is 0 Å². The lowest BCUT2D eigenvalue weighted by molar-refractivity contribution is 0.138. The molecule has 2 nitrogen and oxygen atoms in total. The first-order valence-corrected chi connectivity index (χ1v) is 6.40. The third kappa shape index (κ3) is 6.91. The van der Waals surface area contributed by atoms with Crippen LogP contribution in [0.3, 0.4) is 0 Å². The number of unbranched alkanes of at least 4 members (excludes halogenated alkanes) is 1. The molecule has 0 aliphatic rings. The summed E-state index contributed by atoms with van der Waals surface area (Å²) >= 11 is 0. The molecule has 0 saturated heterocycles. The van der Waals surface area contributed by atoms with Crippen molar-refractivity contribution in [2.75, 3.05) is 13.7 Å². The highest BCUT2D eigenvalue weighted by molar-refractivity contribution is 4.75. The lowest BCUT2D eigenvalue weighted by Crippen LogP contribution is -2.43. The van der Waals surface area contributed by atoms with Crippen molar-refractivity contribution < 1.29 is 4.74 Å². The second-order valence-corrected chi connectivity index (χ2v) is 4.72. The average Bonchev–Trinajstić information content (AvgIpc) is 2.22. The first-order valence-electron chi connectivity index (χ1n) is 6.40. The number of hydrogen-bond acceptors (Lipinski definition) is 2. The topological polar surface area (TPSA) is 21.3 Å². The van der Waals surface area contributed by atoms with E-state index in [0.717, 1.165) is 6.61 Å². The van der Waals surface area contributed by atoms with Gasteiger partial charge in [0.05, 0.1) is 6.61 Å². The Labute approximate surface area is 95.8 Å². The fourth-order valence-corrected chi connectivity index (χ4v) is 1.77. The zero-order chi connectivity index (χ0) is 11.7. The smallest absolute Gasteiger partial charge is 0.0618 e. The van der Waals surface area contributed by atoms with Crippen molar-refractivity contribution in [1.29, 1.82) is 0 Å². The van der Waals surface area contributed by atoms with Crippen molar-refractivity contribution in [3.8, 4) is 0 Å². The molecule has 0 aromatic heterocycles. The van der Waals surface area contributed by atoms with Crippen molar-refractivity contribution in [1.82, 2.24) is 5.32 Å². The largest absolute Gasteiger partial charge is 0.383 e. The summed E-state index contributed by atoms with van der Waals surface area (Å²) in [5.41, 5.74) is 0. The van der Waals surface area contributed by atoms with Crippen LogP contribution in [0.15, 0.2) is 0 Å². The van der Waals surface area contributed by atoms with Gasteiger partial charge in [-0.2, -0.15) is 0 Å². The van der Waals surface area contributed by atoms with Crippen LogP contribution < -0.4 is 5.32 Å². The van der Waals surface area contributed by atoms with E-state index in [1.807, 2.05) is 0 Å². The van der Waals surface area contributed by atoms with E-state index >= 15 is 0 Å². The minimum atomic E-state index is 0.497. The highest BCUT2D eigenvalue weighted by atomic mass is 16.5. The summed E-state index contributed by atoms with van der Waals surface area (Å²) in [4.78, 5) is 0. The van der Waals surface area contributed by atoms with Crippen molar-refractivity contribution in [3.05, 3.63) is 0 Å². The minimum Gasteiger partial charge on any atom is -0.383 e. The molecule has 0 aliphatic heterocycles. The maximum atomic E-state index is 5.25. The Morgan fingerprint density at radius 2 is 1.87 bits per heavy atom. The van der Waals surface area contributed by atoms with Gasteiger partial charge >= 0.3 is 0 Å². The summed E-state index contributed by atoms with van der Waals surface area (Å²) in [7, 11) is 1.78. The molecule has 2 atom stereocenters. The third-order valence-corrected chi connectivity index (χ3v) is 3.00. The maximum Gasteiger partial charge on any atom is 0.0618 e. The normalized spacial score (nSPS) is 15.6. The highest BCUT2D eigenvalue weighted by Crippen LogP contribution is 2.09. The van der Waals surface area contributed by atoms with Crippen LogP contribution >= 0.6 is 0 Å². The summed E-state index contributed by atoms with van der Waals surface area (Å²) in [5.74, 6) is 0.639. The molecule has 0 amide bonds. The Balaban J connectivity index is 3.97. The second-order valence-electron chi connectivity index (χ2n) is 4.72. The summed E-state index contributed by atoms with van der Waals surface area (Å²) in [6, 6.07) is 1.16. The van der Waals surface area contributed by atoms with Gasteiger partial charge in [-0.15, -0.1) is 0 Å². The van der Waals surface area contributed by atoms with Gasteiger partial charge in [-0.05, 0) is 18.8 Å². The quantitative estimate of drug-likeness (QED) is 0.637. The number of nitrogens with one attached hydrogen (secondary N) is 1. The van der Waals surface area contributed by atoms with Crippen molar-refractivity contribution in [3.63, 3.8) is 0 Å². The van der Waals surface area contributed by atoms with Crippen LogP contribution in [-0.4, -0.2) is 25.8 Å². The second kappa shape index (κ2) is 9.17. The van der Waals surface area contributed by atoms with Gasteiger partial charge < -0.3 is 10.1 Å². The summed E-state index contributed by atoms with van der Waals surface area (Å²) in [5, 5.41) is 3.71. The molecule has 0 aromatic rings. The predicted octanol–water partition coefficient (Wildman–Crippen LogP) is 3.22. The van der Waals surface area contributed by atoms with E-state index in [2.05, 4.69) is 33.0 Å². The van der Waals surface area contributed by atoms with Crippen LogP contribution in [0.4, 0.5) is 0 Å². The molecule has 0 saturated carbocycles. The van der Waals surface area contributed by atoms with Crippen LogP contribution in [0.1, 0.15) is 53.4 Å². The first kappa shape index (κ1) is 14.9. The molecular formula is C13H29NO. The van der Waals surface area contributed by atoms with Crippen molar-refractivity contribution in [2.24, 2.45) is 5.92 Å². The van der Waals surface area contributed by atoms with E-state index < -0.39 is 0 Å². The van der Waals surface area contributed by atoms with Gasteiger partial charge in [-0.1, -0.05) is 40.5 Å². The van der Waals surface area contributed by atoms with Gasteiger partial charge in [0.1, 0.15) is 0 Å². The summed E-state index contributed by atoms with van der Waals surface area (Å²) in [6.07, 6.45) is 5.12.